The molecule has 1 aromatic rings. The molecular formula is C13H21N5O2. The molecule has 0 amide bonds. The van der Waals surface area contributed by atoms with E-state index in [0.29, 0.717) is 24.8 Å². The van der Waals surface area contributed by atoms with Crippen molar-refractivity contribution in [3.63, 3.8) is 0 Å². The van der Waals surface area contributed by atoms with Gasteiger partial charge >= 0.3 is 5.69 Å². The molecule has 1 saturated carbocycles. The van der Waals surface area contributed by atoms with Gasteiger partial charge in [-0.15, -0.1) is 0 Å². The second kappa shape index (κ2) is 6.49. The Balaban J connectivity index is 2.11. The van der Waals surface area contributed by atoms with Gasteiger partial charge in [-0.3, -0.25) is 10.1 Å². The molecule has 1 aromatic heterocycles. The van der Waals surface area contributed by atoms with E-state index in [1.807, 2.05) is 6.92 Å². The van der Waals surface area contributed by atoms with E-state index >= 15 is 0 Å². The summed E-state index contributed by atoms with van der Waals surface area (Å²) in [7, 11) is 0. The normalized spacial score (nSPS) is 15.7. The predicted molar refractivity (Wildman–Crippen MR) is 77.8 cm³/mol. The second-order valence-electron chi connectivity index (χ2n) is 5.30. The van der Waals surface area contributed by atoms with E-state index in [9.17, 15) is 10.1 Å². The van der Waals surface area contributed by atoms with Crippen molar-refractivity contribution in [2.24, 2.45) is 11.8 Å². The van der Waals surface area contributed by atoms with Crippen molar-refractivity contribution in [2.75, 3.05) is 23.7 Å². The maximum atomic E-state index is 11.2. The van der Waals surface area contributed by atoms with E-state index in [1.54, 1.807) is 0 Å². The van der Waals surface area contributed by atoms with Crippen molar-refractivity contribution >= 4 is 17.3 Å². The number of hydrogen-bond acceptors (Lipinski definition) is 6. The van der Waals surface area contributed by atoms with Crippen LogP contribution in [0.4, 0.5) is 17.3 Å². The zero-order valence-electron chi connectivity index (χ0n) is 11.9. The summed E-state index contributed by atoms with van der Waals surface area (Å²) in [5.74, 6) is 1.85. The molecule has 1 aliphatic rings. The van der Waals surface area contributed by atoms with Gasteiger partial charge in [0.1, 0.15) is 6.33 Å². The minimum Gasteiger partial charge on any atom is -0.364 e. The summed E-state index contributed by atoms with van der Waals surface area (Å²) in [4.78, 5) is 18.8. The Labute approximate surface area is 118 Å². The smallest absolute Gasteiger partial charge is 0.353 e. The van der Waals surface area contributed by atoms with E-state index < -0.39 is 4.92 Å². The number of nitrogens with zero attached hydrogens (tertiary/aromatic N) is 3. The molecule has 0 aliphatic heterocycles. The van der Waals surface area contributed by atoms with Crippen LogP contribution in [0.5, 0.6) is 0 Å². The maximum absolute atomic E-state index is 11.2. The van der Waals surface area contributed by atoms with Crippen LogP contribution in [0.15, 0.2) is 6.33 Å². The fourth-order valence-corrected chi connectivity index (χ4v) is 2.14. The summed E-state index contributed by atoms with van der Waals surface area (Å²) >= 11 is 0. The summed E-state index contributed by atoms with van der Waals surface area (Å²) in [5.41, 5.74) is -0.0658. The quantitative estimate of drug-likeness (QED) is 0.561. The summed E-state index contributed by atoms with van der Waals surface area (Å²) in [6.45, 7) is 5.51. The molecule has 2 rings (SSSR count). The first-order chi connectivity index (χ1) is 9.63. The summed E-state index contributed by atoms with van der Waals surface area (Å²) in [6, 6.07) is 0. The van der Waals surface area contributed by atoms with Crippen LogP contribution < -0.4 is 10.6 Å². The van der Waals surface area contributed by atoms with Crippen LogP contribution in [0.2, 0.25) is 0 Å². The molecule has 0 radical (unpaired) electrons. The van der Waals surface area contributed by atoms with Crippen molar-refractivity contribution in [3.8, 4) is 0 Å². The summed E-state index contributed by atoms with van der Waals surface area (Å²) in [5, 5.41) is 17.3. The number of nitro groups is 1. The first kappa shape index (κ1) is 14.5. The van der Waals surface area contributed by atoms with Crippen LogP contribution in [-0.4, -0.2) is 28.0 Å². The van der Waals surface area contributed by atoms with Crippen molar-refractivity contribution < 1.29 is 4.92 Å². The van der Waals surface area contributed by atoms with Gasteiger partial charge in [-0.25, -0.2) is 9.97 Å². The molecule has 2 N–H and O–H groups in total. The molecule has 7 nitrogen and oxygen atoms in total. The van der Waals surface area contributed by atoms with E-state index in [1.165, 1.54) is 19.2 Å². The monoisotopic (exact) mass is 279 g/mol. The molecule has 0 aromatic carbocycles. The number of nitrogens with one attached hydrogen (secondary N) is 2. The largest absolute Gasteiger partial charge is 0.364 e. The zero-order chi connectivity index (χ0) is 14.5. The third-order valence-corrected chi connectivity index (χ3v) is 3.57. The molecule has 1 unspecified atom stereocenters. The zero-order valence-corrected chi connectivity index (χ0v) is 11.9. The van der Waals surface area contributed by atoms with Crippen LogP contribution in [0.25, 0.3) is 0 Å². The molecular weight excluding hydrogens is 258 g/mol. The van der Waals surface area contributed by atoms with Crippen molar-refractivity contribution in [3.05, 3.63) is 16.4 Å². The van der Waals surface area contributed by atoms with Gasteiger partial charge in [-0.05, 0) is 31.1 Å². The first-order valence-electron chi connectivity index (χ1n) is 7.10. The summed E-state index contributed by atoms with van der Waals surface area (Å²) < 4.78 is 0. The number of anilines is 2. The third-order valence-electron chi connectivity index (χ3n) is 3.57. The number of rotatable bonds is 8. The van der Waals surface area contributed by atoms with Gasteiger partial charge in [0.15, 0.2) is 0 Å². The van der Waals surface area contributed by atoms with Crippen molar-refractivity contribution in [1.29, 1.82) is 0 Å². The van der Waals surface area contributed by atoms with Gasteiger partial charge in [0, 0.05) is 13.1 Å². The van der Waals surface area contributed by atoms with Crippen LogP contribution >= 0.6 is 0 Å². The fraction of sp³-hybridized carbons (Fsp3) is 0.692. The van der Waals surface area contributed by atoms with Crippen LogP contribution in [0.1, 0.15) is 33.1 Å². The lowest BCUT2D eigenvalue weighted by Crippen LogP contribution is -2.16. The molecule has 0 bridgehead atoms. The molecule has 110 valence electrons. The molecule has 0 saturated heterocycles. The third kappa shape index (κ3) is 3.55. The Bertz CT molecular complexity index is 476. The van der Waals surface area contributed by atoms with Crippen LogP contribution in [0.3, 0.4) is 0 Å². The van der Waals surface area contributed by atoms with Gasteiger partial charge in [-0.2, -0.15) is 0 Å². The SMILES string of the molecule is CCCNc1ncnc(NCC(C)C2CC2)c1[N+](=O)[O-]. The number of hydrogen-bond donors (Lipinski definition) is 2. The van der Waals surface area contributed by atoms with E-state index in [-0.39, 0.29) is 11.5 Å². The Hall–Kier alpha value is -1.92. The number of aromatic nitrogens is 2. The van der Waals surface area contributed by atoms with E-state index in [2.05, 4.69) is 27.5 Å². The van der Waals surface area contributed by atoms with Gasteiger partial charge in [0.25, 0.3) is 0 Å². The highest BCUT2D eigenvalue weighted by Gasteiger charge is 2.29. The molecule has 20 heavy (non-hydrogen) atoms. The van der Waals surface area contributed by atoms with Crippen LogP contribution in [-0.2, 0) is 0 Å². The Morgan fingerprint density at radius 3 is 2.60 bits per heavy atom. The van der Waals surface area contributed by atoms with Crippen molar-refractivity contribution in [1.82, 2.24) is 9.97 Å². The predicted octanol–water partition coefficient (Wildman–Crippen LogP) is 2.66. The Morgan fingerprint density at radius 1 is 1.40 bits per heavy atom. The average molecular weight is 279 g/mol. The van der Waals surface area contributed by atoms with E-state index in [4.69, 9.17) is 0 Å². The molecule has 1 aliphatic carbocycles. The minimum atomic E-state index is -0.428. The fourth-order valence-electron chi connectivity index (χ4n) is 2.14. The lowest BCUT2D eigenvalue weighted by Gasteiger charge is -2.13. The molecule has 7 heteroatoms. The lowest BCUT2D eigenvalue weighted by atomic mass is 10.1. The highest BCUT2D eigenvalue weighted by atomic mass is 16.6. The standard InChI is InChI=1S/C13H21N5O2/c1-3-6-14-12-11(18(19)20)13(17-8-16-12)15-7-9(2)10-4-5-10/h8-10H,3-7H2,1-2H3,(H2,14,15,16,17). The Kier molecular flexibility index (Phi) is 4.70. The molecule has 1 fully saturated rings. The van der Waals surface area contributed by atoms with Gasteiger partial charge in [0.2, 0.25) is 11.6 Å². The summed E-state index contributed by atoms with van der Waals surface area (Å²) in [6.07, 6.45) is 4.76. The lowest BCUT2D eigenvalue weighted by molar-refractivity contribution is -0.383. The maximum Gasteiger partial charge on any atom is 0.353 e. The van der Waals surface area contributed by atoms with Gasteiger partial charge in [0.05, 0.1) is 4.92 Å². The molecule has 1 heterocycles. The highest BCUT2D eigenvalue weighted by molar-refractivity contribution is 5.69. The van der Waals surface area contributed by atoms with Crippen LogP contribution in [0, 0.1) is 22.0 Å². The van der Waals surface area contributed by atoms with Crippen molar-refractivity contribution in [2.45, 2.75) is 33.1 Å². The average Bonchev–Trinajstić information content (AvgIpc) is 3.26. The van der Waals surface area contributed by atoms with Gasteiger partial charge < -0.3 is 10.6 Å². The first-order valence-corrected chi connectivity index (χ1v) is 7.10. The topological polar surface area (TPSA) is 93.0 Å². The Morgan fingerprint density at radius 2 is 2.05 bits per heavy atom. The van der Waals surface area contributed by atoms with Gasteiger partial charge in [-0.1, -0.05) is 13.8 Å². The molecule has 0 spiro atoms. The second-order valence-corrected chi connectivity index (χ2v) is 5.30. The van der Waals surface area contributed by atoms with E-state index in [0.717, 1.165) is 12.3 Å². The minimum absolute atomic E-state index is 0.0658. The highest BCUT2D eigenvalue weighted by Crippen LogP contribution is 2.37. The molecule has 1 atom stereocenters.